The van der Waals surface area contributed by atoms with Gasteiger partial charge < -0.3 is 20.4 Å². The molecule has 13 heteroatoms. The van der Waals surface area contributed by atoms with Crippen molar-refractivity contribution in [2.45, 2.75) is 6.92 Å². The minimum absolute atomic E-state index is 0.0239. The molecule has 0 aliphatic heterocycles. The number of benzene rings is 2. The number of nitro benzene ring substituents is 1. The number of hydrogen-bond acceptors (Lipinski definition) is 6. The van der Waals surface area contributed by atoms with Gasteiger partial charge in [0.05, 0.1) is 27.7 Å². The average Bonchev–Trinajstić information content (AvgIpc) is 2.77. The number of hydrogen-bond donors (Lipinski definition) is 2. The van der Waals surface area contributed by atoms with E-state index >= 15 is 0 Å². The third-order valence-electron chi connectivity index (χ3n) is 4.56. The van der Waals surface area contributed by atoms with Crippen molar-refractivity contribution < 1.29 is 24.1 Å². The number of non-ortho nitro benzene ring substituents is 1. The first-order valence-corrected chi connectivity index (χ1v) is 9.85. The molecular formula is C21H25N7O6. The van der Waals surface area contributed by atoms with Crippen LogP contribution in [0.3, 0.4) is 0 Å². The summed E-state index contributed by atoms with van der Waals surface area (Å²) >= 11 is 0. The highest BCUT2D eigenvalue weighted by Gasteiger charge is 2.35. The molecule has 2 aromatic carbocycles. The maximum absolute atomic E-state index is 13.4. The van der Waals surface area contributed by atoms with Gasteiger partial charge in [-0.3, -0.25) is 19.7 Å². The zero-order valence-electron chi connectivity index (χ0n) is 19.3. The van der Waals surface area contributed by atoms with Gasteiger partial charge in [0.25, 0.3) is 5.69 Å². The number of urea groups is 2. The Labute approximate surface area is 195 Å². The summed E-state index contributed by atoms with van der Waals surface area (Å²) in [6.45, 7) is 1.78. The van der Waals surface area contributed by atoms with E-state index in [1.807, 2.05) is 0 Å². The molecule has 2 aromatic rings. The van der Waals surface area contributed by atoms with E-state index in [0.29, 0.717) is 12.8 Å². The molecule has 6 amide bonds. The van der Waals surface area contributed by atoms with Gasteiger partial charge in [0, 0.05) is 40.3 Å². The van der Waals surface area contributed by atoms with E-state index in [4.69, 9.17) is 0 Å². The zero-order chi connectivity index (χ0) is 25.6. The maximum atomic E-state index is 13.4. The first-order chi connectivity index (χ1) is 16.0. The SMILES string of the molecule is Cc1ccc(N(C(=O)N(C)C)N(C(=O)N(C)C)c2ccc([N+](=O)[O-])cc2NC=O)c(NC=O)c1. The number of aryl methyl sites for hydroxylation is 1. The van der Waals surface area contributed by atoms with Crippen LogP contribution in [0.15, 0.2) is 36.4 Å². The lowest BCUT2D eigenvalue weighted by molar-refractivity contribution is -0.384. The summed E-state index contributed by atoms with van der Waals surface area (Å²) in [5.41, 5.74) is 0.691. The molecule has 0 atom stereocenters. The van der Waals surface area contributed by atoms with E-state index in [-0.39, 0.29) is 28.4 Å². The van der Waals surface area contributed by atoms with Crippen molar-refractivity contribution in [1.82, 2.24) is 9.80 Å². The molecule has 0 radical (unpaired) electrons. The molecule has 180 valence electrons. The monoisotopic (exact) mass is 471 g/mol. The van der Waals surface area contributed by atoms with E-state index in [1.54, 1.807) is 19.1 Å². The third kappa shape index (κ3) is 5.38. The summed E-state index contributed by atoms with van der Waals surface area (Å²) in [7, 11) is 5.83. The van der Waals surface area contributed by atoms with Crippen molar-refractivity contribution in [3.8, 4) is 0 Å². The van der Waals surface area contributed by atoms with E-state index in [1.165, 1.54) is 50.1 Å². The lowest BCUT2D eigenvalue weighted by Gasteiger charge is -2.38. The van der Waals surface area contributed by atoms with Crippen LogP contribution in [-0.4, -0.2) is 67.8 Å². The first kappa shape index (κ1) is 25.6. The smallest absolute Gasteiger partial charge is 0.329 e. The predicted molar refractivity (Wildman–Crippen MR) is 127 cm³/mol. The van der Waals surface area contributed by atoms with E-state index in [9.17, 15) is 29.3 Å². The van der Waals surface area contributed by atoms with Crippen LogP contribution < -0.4 is 20.7 Å². The molecular weight excluding hydrogens is 446 g/mol. The molecule has 0 saturated carbocycles. The summed E-state index contributed by atoms with van der Waals surface area (Å²) < 4.78 is 0. The summed E-state index contributed by atoms with van der Waals surface area (Å²) in [5, 5.41) is 18.1. The Morgan fingerprint density at radius 2 is 1.26 bits per heavy atom. The zero-order valence-corrected chi connectivity index (χ0v) is 19.3. The Bertz CT molecular complexity index is 1120. The fraction of sp³-hybridized carbons (Fsp3) is 0.238. The number of anilines is 4. The van der Waals surface area contributed by atoms with E-state index in [0.717, 1.165) is 27.7 Å². The summed E-state index contributed by atoms with van der Waals surface area (Å²) in [4.78, 5) is 62.3. The topological polar surface area (TPSA) is 148 Å². The quantitative estimate of drug-likeness (QED) is 0.360. The van der Waals surface area contributed by atoms with Gasteiger partial charge in [-0.2, -0.15) is 10.0 Å². The predicted octanol–water partition coefficient (Wildman–Crippen LogP) is 2.63. The molecule has 0 spiro atoms. The second kappa shape index (κ2) is 10.8. The molecule has 0 fully saturated rings. The molecule has 0 bridgehead atoms. The van der Waals surface area contributed by atoms with Gasteiger partial charge in [-0.25, -0.2) is 9.59 Å². The van der Waals surface area contributed by atoms with Crippen LogP contribution in [0.1, 0.15) is 5.56 Å². The van der Waals surface area contributed by atoms with Crippen molar-refractivity contribution in [3.05, 3.63) is 52.1 Å². The molecule has 13 nitrogen and oxygen atoms in total. The van der Waals surface area contributed by atoms with Gasteiger partial charge in [0.1, 0.15) is 0 Å². The number of carbonyl (C=O) groups excluding carboxylic acids is 4. The molecule has 0 aliphatic carbocycles. The molecule has 0 aromatic heterocycles. The van der Waals surface area contributed by atoms with Gasteiger partial charge in [-0.05, 0) is 30.7 Å². The number of amides is 6. The highest BCUT2D eigenvalue weighted by molar-refractivity contribution is 6.09. The van der Waals surface area contributed by atoms with Crippen LogP contribution in [0.25, 0.3) is 0 Å². The summed E-state index contributed by atoms with van der Waals surface area (Å²) in [6, 6.07) is 6.88. The Kier molecular flexibility index (Phi) is 8.10. The van der Waals surface area contributed by atoms with Crippen LogP contribution in [0.5, 0.6) is 0 Å². The molecule has 2 N–H and O–H groups in total. The van der Waals surface area contributed by atoms with Gasteiger partial charge in [0.15, 0.2) is 0 Å². The minimum Gasteiger partial charge on any atom is -0.329 e. The summed E-state index contributed by atoms with van der Waals surface area (Å²) in [6.07, 6.45) is 0.726. The average molecular weight is 471 g/mol. The first-order valence-electron chi connectivity index (χ1n) is 9.85. The fourth-order valence-corrected chi connectivity index (χ4v) is 2.99. The van der Waals surface area contributed by atoms with Crippen molar-refractivity contribution in [3.63, 3.8) is 0 Å². The number of nitrogens with zero attached hydrogens (tertiary/aromatic N) is 5. The number of nitrogens with one attached hydrogen (secondary N) is 2. The maximum Gasteiger partial charge on any atom is 0.343 e. The van der Waals surface area contributed by atoms with Crippen molar-refractivity contribution >= 4 is 53.3 Å². The van der Waals surface area contributed by atoms with Crippen LogP contribution in [0, 0.1) is 17.0 Å². The number of hydrazine groups is 1. The van der Waals surface area contributed by atoms with Crippen molar-refractivity contribution in [1.29, 1.82) is 0 Å². The fourth-order valence-electron chi connectivity index (χ4n) is 2.99. The van der Waals surface area contributed by atoms with E-state index < -0.39 is 17.0 Å². The Morgan fingerprint density at radius 3 is 1.68 bits per heavy atom. The molecule has 34 heavy (non-hydrogen) atoms. The Balaban J connectivity index is 2.91. The third-order valence-corrected chi connectivity index (χ3v) is 4.56. The van der Waals surface area contributed by atoms with Crippen molar-refractivity contribution in [2.24, 2.45) is 0 Å². The molecule has 2 rings (SSSR count). The lowest BCUT2D eigenvalue weighted by atomic mass is 10.1. The second-order valence-electron chi connectivity index (χ2n) is 7.48. The van der Waals surface area contributed by atoms with Gasteiger partial charge in [-0.15, -0.1) is 0 Å². The van der Waals surface area contributed by atoms with Gasteiger partial charge >= 0.3 is 12.1 Å². The minimum atomic E-state index is -0.712. The Morgan fingerprint density at radius 1 is 0.824 bits per heavy atom. The number of carbonyl (C=O) groups is 4. The van der Waals surface area contributed by atoms with Crippen LogP contribution >= 0.6 is 0 Å². The van der Waals surface area contributed by atoms with Gasteiger partial charge in [0.2, 0.25) is 12.8 Å². The van der Waals surface area contributed by atoms with E-state index in [2.05, 4.69) is 10.6 Å². The highest BCUT2D eigenvalue weighted by atomic mass is 16.6. The standard InChI is InChI=1S/C21H25N7O6/c1-14-6-8-18(16(10-14)22-12-29)26(20(31)24(2)3)27(21(32)25(4)5)19-9-7-15(28(33)34)11-17(19)23-13-30/h6-13H,1-5H3,(H,22,29)(H,23,30). The van der Waals surface area contributed by atoms with Crippen LogP contribution in [0.4, 0.5) is 38.0 Å². The van der Waals surface area contributed by atoms with Crippen LogP contribution in [0.2, 0.25) is 0 Å². The largest absolute Gasteiger partial charge is 0.343 e. The van der Waals surface area contributed by atoms with Crippen molar-refractivity contribution in [2.75, 3.05) is 48.8 Å². The molecule has 0 aliphatic rings. The number of rotatable bonds is 7. The molecule has 0 heterocycles. The van der Waals surface area contributed by atoms with Crippen LogP contribution in [-0.2, 0) is 9.59 Å². The number of nitro groups is 1. The Hall–Kier alpha value is -4.68. The normalized spacial score (nSPS) is 10.0. The molecule has 0 saturated heterocycles. The highest BCUT2D eigenvalue weighted by Crippen LogP contribution is 2.36. The van der Waals surface area contributed by atoms with Gasteiger partial charge in [-0.1, -0.05) is 6.07 Å². The lowest BCUT2D eigenvalue weighted by Crippen LogP contribution is -2.56. The second-order valence-corrected chi connectivity index (χ2v) is 7.48. The molecule has 0 unspecified atom stereocenters. The summed E-state index contributed by atoms with van der Waals surface area (Å²) in [5.74, 6) is 0.